The molecule has 0 spiro atoms. The average Bonchev–Trinajstić information content (AvgIpc) is 3.37. The molecule has 8 nitrogen and oxygen atoms in total. The zero-order chi connectivity index (χ0) is 18.9. The van der Waals surface area contributed by atoms with E-state index in [4.69, 9.17) is 4.74 Å². The molecule has 4 rings (SSSR count). The molecule has 0 amide bonds. The van der Waals surface area contributed by atoms with Gasteiger partial charge in [0, 0.05) is 31.6 Å². The molecule has 1 fully saturated rings. The number of ether oxygens (including phenoxy) is 1. The van der Waals surface area contributed by atoms with E-state index in [0.29, 0.717) is 19.6 Å². The fourth-order valence-electron chi connectivity index (χ4n) is 3.23. The maximum Gasteiger partial charge on any atom is 0.244 e. The van der Waals surface area contributed by atoms with Crippen LogP contribution in [0, 0.1) is 0 Å². The number of rotatable bonds is 6. The Bertz CT molecular complexity index is 1010. The van der Waals surface area contributed by atoms with Gasteiger partial charge in [0.2, 0.25) is 10.0 Å². The van der Waals surface area contributed by atoms with Crippen molar-refractivity contribution in [1.82, 2.24) is 24.3 Å². The van der Waals surface area contributed by atoms with Crippen LogP contribution in [-0.2, 0) is 28.4 Å². The molecule has 1 aliphatic heterocycles. The number of benzene rings is 1. The van der Waals surface area contributed by atoms with Gasteiger partial charge in [-0.05, 0) is 12.0 Å². The van der Waals surface area contributed by atoms with Crippen molar-refractivity contribution in [1.29, 1.82) is 0 Å². The van der Waals surface area contributed by atoms with E-state index in [9.17, 15) is 8.42 Å². The first-order valence-electron chi connectivity index (χ1n) is 8.70. The number of nitrogens with zero attached hydrogens (tertiary/aromatic N) is 4. The summed E-state index contributed by atoms with van der Waals surface area (Å²) >= 11 is 0. The van der Waals surface area contributed by atoms with E-state index >= 15 is 0 Å². The van der Waals surface area contributed by atoms with Crippen LogP contribution in [0.4, 0.5) is 0 Å². The van der Waals surface area contributed by atoms with Crippen molar-refractivity contribution in [3.05, 3.63) is 66.2 Å². The van der Waals surface area contributed by atoms with Gasteiger partial charge in [-0.2, -0.15) is 10.2 Å². The molecule has 142 valence electrons. The summed E-state index contributed by atoms with van der Waals surface area (Å²) in [7, 11) is -1.87. The molecule has 0 radical (unpaired) electrons. The highest BCUT2D eigenvalue weighted by molar-refractivity contribution is 7.89. The standard InChI is InChI=1S/C18H21N5O3S/c1-22-12-15(9-19-22)18-17(7-8-26-18)21-27(24,25)16-10-20-23(13-16)11-14-5-3-2-4-6-14/h2-6,9-10,12-13,17-18,21H,7-8,11H2,1H3/t17-,18+/m0/s1. The molecule has 1 N–H and O–H groups in total. The van der Waals surface area contributed by atoms with Gasteiger partial charge in [0.1, 0.15) is 11.0 Å². The molecule has 3 aromatic rings. The Morgan fingerprint density at radius 3 is 2.74 bits per heavy atom. The van der Waals surface area contributed by atoms with Crippen molar-refractivity contribution >= 4 is 10.0 Å². The van der Waals surface area contributed by atoms with E-state index in [1.54, 1.807) is 21.8 Å². The largest absolute Gasteiger partial charge is 0.372 e. The van der Waals surface area contributed by atoms with Crippen molar-refractivity contribution in [2.75, 3.05) is 6.61 Å². The van der Waals surface area contributed by atoms with Gasteiger partial charge >= 0.3 is 0 Å². The highest BCUT2D eigenvalue weighted by Gasteiger charge is 2.34. The van der Waals surface area contributed by atoms with Crippen molar-refractivity contribution in [2.45, 2.75) is 30.0 Å². The number of aromatic nitrogens is 4. The molecule has 9 heteroatoms. The normalized spacial score (nSPS) is 20.2. The molecule has 1 aromatic carbocycles. The Kier molecular flexibility index (Phi) is 4.81. The fraction of sp³-hybridized carbons (Fsp3) is 0.333. The maximum absolute atomic E-state index is 12.8. The molecule has 0 bridgehead atoms. The van der Waals surface area contributed by atoms with E-state index in [1.165, 1.54) is 6.20 Å². The molecule has 1 aliphatic rings. The Balaban J connectivity index is 1.48. The lowest BCUT2D eigenvalue weighted by molar-refractivity contribution is 0.102. The first kappa shape index (κ1) is 17.9. The molecule has 1 saturated heterocycles. The van der Waals surface area contributed by atoms with Gasteiger partial charge in [-0.1, -0.05) is 30.3 Å². The fourth-order valence-corrected chi connectivity index (χ4v) is 4.46. The van der Waals surface area contributed by atoms with Gasteiger partial charge in [0.25, 0.3) is 0 Å². The molecule has 2 aromatic heterocycles. The third-order valence-corrected chi connectivity index (χ3v) is 6.00. The lowest BCUT2D eigenvalue weighted by Gasteiger charge is -2.18. The van der Waals surface area contributed by atoms with Gasteiger partial charge in [-0.15, -0.1) is 0 Å². The molecule has 27 heavy (non-hydrogen) atoms. The van der Waals surface area contributed by atoms with E-state index in [2.05, 4.69) is 14.9 Å². The van der Waals surface area contributed by atoms with Crippen LogP contribution in [-0.4, -0.2) is 40.6 Å². The van der Waals surface area contributed by atoms with Crippen LogP contribution in [0.2, 0.25) is 0 Å². The number of hydrogen-bond acceptors (Lipinski definition) is 5. The second kappa shape index (κ2) is 7.26. The summed E-state index contributed by atoms with van der Waals surface area (Å²) in [6, 6.07) is 9.43. The summed E-state index contributed by atoms with van der Waals surface area (Å²) in [6.45, 7) is 1.02. The van der Waals surface area contributed by atoms with Crippen molar-refractivity contribution < 1.29 is 13.2 Å². The van der Waals surface area contributed by atoms with Crippen LogP contribution in [0.5, 0.6) is 0 Å². The van der Waals surface area contributed by atoms with Gasteiger partial charge in [0.05, 0.1) is 25.0 Å². The van der Waals surface area contributed by atoms with Crippen LogP contribution in [0.15, 0.2) is 60.0 Å². The summed E-state index contributed by atoms with van der Waals surface area (Å²) < 4.78 is 37.4. The van der Waals surface area contributed by atoms with E-state index in [-0.39, 0.29) is 17.0 Å². The topological polar surface area (TPSA) is 91.0 Å². The second-order valence-corrected chi connectivity index (χ2v) is 8.33. The molecular formula is C18H21N5O3S. The quantitative estimate of drug-likeness (QED) is 0.692. The summed E-state index contributed by atoms with van der Waals surface area (Å²) in [5, 5.41) is 8.33. The Morgan fingerprint density at radius 1 is 1.19 bits per heavy atom. The second-order valence-electron chi connectivity index (χ2n) is 6.61. The summed E-state index contributed by atoms with van der Waals surface area (Å²) in [6.07, 6.45) is 6.74. The predicted molar refractivity (Wildman–Crippen MR) is 98.4 cm³/mol. The van der Waals surface area contributed by atoms with Crippen molar-refractivity contribution in [3.63, 3.8) is 0 Å². The first-order chi connectivity index (χ1) is 13.0. The van der Waals surface area contributed by atoms with E-state index in [0.717, 1.165) is 11.1 Å². The number of hydrogen-bond donors (Lipinski definition) is 1. The zero-order valence-corrected chi connectivity index (χ0v) is 15.7. The van der Waals surface area contributed by atoms with Gasteiger partial charge in [-0.25, -0.2) is 13.1 Å². The van der Waals surface area contributed by atoms with Crippen LogP contribution in [0.1, 0.15) is 23.7 Å². The van der Waals surface area contributed by atoms with Gasteiger partial charge in [-0.3, -0.25) is 9.36 Å². The molecule has 3 heterocycles. The van der Waals surface area contributed by atoms with Gasteiger partial charge in [0.15, 0.2) is 0 Å². The third-order valence-electron chi connectivity index (χ3n) is 4.56. The van der Waals surface area contributed by atoms with Crippen molar-refractivity contribution in [2.24, 2.45) is 7.05 Å². The van der Waals surface area contributed by atoms with E-state index in [1.807, 2.05) is 43.6 Å². The Labute approximate surface area is 157 Å². The molecule has 0 saturated carbocycles. The Morgan fingerprint density at radius 2 is 2.00 bits per heavy atom. The summed E-state index contributed by atoms with van der Waals surface area (Å²) in [4.78, 5) is 0.148. The third kappa shape index (κ3) is 3.95. The SMILES string of the molecule is Cn1cc([C@H]2OCC[C@@H]2NS(=O)(=O)c2cnn(Cc3ccccc3)c2)cn1. The minimum atomic E-state index is -3.69. The van der Waals surface area contributed by atoms with Gasteiger partial charge < -0.3 is 4.74 Å². The minimum Gasteiger partial charge on any atom is -0.372 e. The summed E-state index contributed by atoms with van der Waals surface area (Å²) in [5.41, 5.74) is 1.92. The van der Waals surface area contributed by atoms with Crippen LogP contribution in [0.25, 0.3) is 0 Å². The molecule has 0 aliphatic carbocycles. The van der Waals surface area contributed by atoms with Crippen LogP contribution >= 0.6 is 0 Å². The smallest absolute Gasteiger partial charge is 0.244 e. The van der Waals surface area contributed by atoms with E-state index < -0.39 is 10.0 Å². The highest BCUT2D eigenvalue weighted by Crippen LogP contribution is 2.29. The minimum absolute atomic E-state index is 0.148. The lowest BCUT2D eigenvalue weighted by Crippen LogP contribution is -2.36. The highest BCUT2D eigenvalue weighted by atomic mass is 32.2. The zero-order valence-electron chi connectivity index (χ0n) is 14.9. The molecule has 0 unspecified atom stereocenters. The monoisotopic (exact) mass is 387 g/mol. The number of nitrogens with one attached hydrogen (secondary N) is 1. The van der Waals surface area contributed by atoms with Crippen LogP contribution < -0.4 is 4.72 Å². The van der Waals surface area contributed by atoms with Crippen LogP contribution in [0.3, 0.4) is 0 Å². The molecule has 2 atom stereocenters. The number of aryl methyl sites for hydroxylation is 1. The predicted octanol–water partition coefficient (Wildman–Crippen LogP) is 1.47. The maximum atomic E-state index is 12.8. The average molecular weight is 387 g/mol. The number of sulfonamides is 1. The molecular weight excluding hydrogens is 366 g/mol. The summed E-state index contributed by atoms with van der Waals surface area (Å²) in [5.74, 6) is 0. The lowest BCUT2D eigenvalue weighted by atomic mass is 10.1. The first-order valence-corrected chi connectivity index (χ1v) is 10.2. The van der Waals surface area contributed by atoms with Crippen molar-refractivity contribution in [3.8, 4) is 0 Å². The Hall–Kier alpha value is -2.49.